The molecule has 1 aliphatic heterocycles. The van der Waals surface area contributed by atoms with Crippen LogP contribution in [-0.2, 0) is 9.59 Å². The van der Waals surface area contributed by atoms with Crippen molar-refractivity contribution in [2.45, 2.75) is 13.3 Å². The molecule has 0 aromatic carbocycles. The van der Waals surface area contributed by atoms with E-state index in [2.05, 4.69) is 5.32 Å². The molecule has 1 aliphatic rings. The Bertz CT molecular complexity index is 299. The number of rotatable bonds is 5. The maximum atomic E-state index is 12.2. The fourth-order valence-corrected chi connectivity index (χ4v) is 2.00. The maximum absolute atomic E-state index is 12.2. The van der Waals surface area contributed by atoms with E-state index in [9.17, 15) is 9.59 Å². The minimum absolute atomic E-state index is 0.0344. The second kappa shape index (κ2) is 8.12. The first-order valence-corrected chi connectivity index (χ1v) is 6.95. The molecule has 0 aromatic rings. The predicted octanol–water partition coefficient (Wildman–Crippen LogP) is -0.782. The van der Waals surface area contributed by atoms with Gasteiger partial charge in [-0.25, -0.2) is 0 Å². The van der Waals surface area contributed by atoms with Crippen LogP contribution in [0.15, 0.2) is 0 Å². The maximum Gasteiger partial charge on any atom is 0.236 e. The van der Waals surface area contributed by atoms with E-state index < -0.39 is 0 Å². The summed E-state index contributed by atoms with van der Waals surface area (Å²) in [5.74, 6) is 0.157. The van der Waals surface area contributed by atoms with Gasteiger partial charge in [-0.15, -0.1) is 0 Å². The first kappa shape index (κ1) is 15.9. The van der Waals surface area contributed by atoms with Crippen LogP contribution in [0.2, 0.25) is 0 Å². The molecule has 110 valence electrons. The molecule has 0 atom stereocenters. The van der Waals surface area contributed by atoms with Gasteiger partial charge in [-0.1, -0.05) is 6.92 Å². The molecule has 0 aromatic heterocycles. The van der Waals surface area contributed by atoms with Crippen molar-refractivity contribution < 1.29 is 9.59 Å². The van der Waals surface area contributed by atoms with Gasteiger partial charge in [0.1, 0.15) is 0 Å². The van der Waals surface area contributed by atoms with E-state index in [0.717, 1.165) is 32.6 Å². The molecule has 1 rings (SSSR count). The summed E-state index contributed by atoms with van der Waals surface area (Å²) in [7, 11) is 3.47. The Morgan fingerprint density at radius 1 is 1.16 bits per heavy atom. The number of hydrogen-bond donors (Lipinski definition) is 1. The molecule has 0 radical (unpaired) electrons. The van der Waals surface area contributed by atoms with Gasteiger partial charge < -0.3 is 15.1 Å². The summed E-state index contributed by atoms with van der Waals surface area (Å²) < 4.78 is 0. The Hall–Kier alpha value is -1.14. The normalized spacial score (nSPS) is 16.3. The van der Waals surface area contributed by atoms with Crippen LogP contribution in [0.1, 0.15) is 13.3 Å². The summed E-state index contributed by atoms with van der Waals surface area (Å²) in [6.45, 7) is 6.72. The van der Waals surface area contributed by atoms with E-state index in [1.54, 1.807) is 19.0 Å². The number of amides is 2. The van der Waals surface area contributed by atoms with Crippen molar-refractivity contribution in [1.82, 2.24) is 20.0 Å². The summed E-state index contributed by atoms with van der Waals surface area (Å²) in [6, 6.07) is 0. The minimum Gasteiger partial charge on any atom is -0.348 e. The highest BCUT2D eigenvalue weighted by atomic mass is 16.2. The first-order valence-electron chi connectivity index (χ1n) is 6.95. The molecule has 19 heavy (non-hydrogen) atoms. The van der Waals surface area contributed by atoms with Crippen LogP contribution in [0.25, 0.3) is 0 Å². The molecular weight excluding hydrogens is 244 g/mol. The molecule has 1 fully saturated rings. The highest BCUT2D eigenvalue weighted by Gasteiger charge is 2.19. The lowest BCUT2D eigenvalue weighted by molar-refractivity contribution is -0.134. The Labute approximate surface area is 115 Å². The second-order valence-corrected chi connectivity index (χ2v) is 5.08. The summed E-state index contributed by atoms with van der Waals surface area (Å²) in [6.07, 6.45) is 0.995. The van der Waals surface area contributed by atoms with Crippen LogP contribution in [0.3, 0.4) is 0 Å². The van der Waals surface area contributed by atoms with Gasteiger partial charge in [0.15, 0.2) is 0 Å². The molecule has 1 heterocycles. The Kier molecular flexibility index (Phi) is 6.80. The van der Waals surface area contributed by atoms with Crippen molar-refractivity contribution in [2.75, 3.05) is 59.9 Å². The van der Waals surface area contributed by atoms with Crippen LogP contribution in [0.4, 0.5) is 0 Å². The van der Waals surface area contributed by atoms with E-state index in [1.165, 1.54) is 0 Å². The Morgan fingerprint density at radius 2 is 1.89 bits per heavy atom. The van der Waals surface area contributed by atoms with Crippen LogP contribution in [0.5, 0.6) is 0 Å². The van der Waals surface area contributed by atoms with E-state index in [1.807, 2.05) is 16.7 Å². The average Bonchev–Trinajstić information content (AvgIpc) is 2.66. The molecule has 1 N–H and O–H groups in total. The number of hydrogen-bond acceptors (Lipinski definition) is 4. The van der Waals surface area contributed by atoms with Crippen molar-refractivity contribution in [1.29, 1.82) is 0 Å². The lowest BCUT2D eigenvalue weighted by Crippen LogP contribution is -2.44. The zero-order valence-corrected chi connectivity index (χ0v) is 12.3. The Morgan fingerprint density at radius 3 is 2.53 bits per heavy atom. The lowest BCUT2D eigenvalue weighted by atomic mass is 10.3. The highest BCUT2D eigenvalue weighted by Crippen LogP contribution is 1.99. The summed E-state index contributed by atoms with van der Waals surface area (Å²) in [4.78, 5) is 29.2. The summed E-state index contributed by atoms with van der Waals surface area (Å²) >= 11 is 0. The largest absolute Gasteiger partial charge is 0.348 e. The average molecular weight is 270 g/mol. The fraction of sp³-hybridized carbons (Fsp3) is 0.846. The quantitative estimate of drug-likeness (QED) is 0.712. The van der Waals surface area contributed by atoms with E-state index in [4.69, 9.17) is 0 Å². The predicted molar refractivity (Wildman–Crippen MR) is 74.9 cm³/mol. The van der Waals surface area contributed by atoms with Crippen LogP contribution in [0, 0.1) is 0 Å². The number of nitrogens with zero attached hydrogens (tertiary/aromatic N) is 3. The third-order valence-electron chi connectivity index (χ3n) is 3.36. The van der Waals surface area contributed by atoms with Gasteiger partial charge >= 0.3 is 0 Å². The molecule has 2 amide bonds. The summed E-state index contributed by atoms with van der Waals surface area (Å²) in [5.41, 5.74) is 0. The SMILES string of the molecule is CCN(CC(=O)N(C)C)CC(=O)N1CCCNCC1. The Balaban J connectivity index is 2.45. The molecule has 0 aliphatic carbocycles. The third kappa shape index (κ3) is 5.57. The number of likely N-dealkylation sites (N-methyl/N-ethyl adjacent to an activating group) is 2. The lowest BCUT2D eigenvalue weighted by Gasteiger charge is -2.26. The second-order valence-electron chi connectivity index (χ2n) is 5.08. The number of nitrogens with one attached hydrogen (secondary N) is 1. The van der Waals surface area contributed by atoms with Gasteiger partial charge in [0.2, 0.25) is 11.8 Å². The first-order chi connectivity index (χ1) is 9.04. The highest BCUT2D eigenvalue weighted by molar-refractivity contribution is 5.81. The molecule has 6 nitrogen and oxygen atoms in total. The molecule has 0 unspecified atom stereocenters. The van der Waals surface area contributed by atoms with Crippen molar-refractivity contribution in [3.63, 3.8) is 0 Å². The monoisotopic (exact) mass is 270 g/mol. The summed E-state index contributed by atoms with van der Waals surface area (Å²) in [5, 5.41) is 3.28. The van der Waals surface area contributed by atoms with Gasteiger partial charge in [0.25, 0.3) is 0 Å². The van der Waals surface area contributed by atoms with Gasteiger partial charge in [-0.3, -0.25) is 14.5 Å². The van der Waals surface area contributed by atoms with Crippen molar-refractivity contribution in [3.8, 4) is 0 Å². The van der Waals surface area contributed by atoms with Crippen LogP contribution >= 0.6 is 0 Å². The van der Waals surface area contributed by atoms with Crippen molar-refractivity contribution in [3.05, 3.63) is 0 Å². The van der Waals surface area contributed by atoms with E-state index in [-0.39, 0.29) is 11.8 Å². The topological polar surface area (TPSA) is 55.9 Å². The molecular formula is C13H26N4O2. The molecule has 0 saturated carbocycles. The van der Waals surface area contributed by atoms with E-state index >= 15 is 0 Å². The molecule has 1 saturated heterocycles. The van der Waals surface area contributed by atoms with Gasteiger partial charge in [0.05, 0.1) is 13.1 Å². The van der Waals surface area contributed by atoms with Crippen LogP contribution < -0.4 is 5.32 Å². The standard InChI is InChI=1S/C13H26N4O2/c1-4-16(10-12(18)15(2)3)11-13(19)17-8-5-6-14-7-9-17/h14H,4-11H2,1-3H3. The zero-order chi connectivity index (χ0) is 14.3. The minimum atomic E-state index is 0.0344. The van der Waals surface area contributed by atoms with Gasteiger partial charge in [-0.2, -0.15) is 0 Å². The molecule has 0 bridgehead atoms. The smallest absolute Gasteiger partial charge is 0.236 e. The number of carbonyl (C=O) groups excluding carboxylic acids is 2. The van der Waals surface area contributed by atoms with Gasteiger partial charge in [-0.05, 0) is 19.5 Å². The van der Waals surface area contributed by atoms with E-state index in [0.29, 0.717) is 19.6 Å². The van der Waals surface area contributed by atoms with Gasteiger partial charge in [0, 0.05) is 33.7 Å². The third-order valence-corrected chi connectivity index (χ3v) is 3.36. The van der Waals surface area contributed by atoms with Crippen molar-refractivity contribution >= 4 is 11.8 Å². The fourth-order valence-electron chi connectivity index (χ4n) is 2.00. The van der Waals surface area contributed by atoms with Crippen LogP contribution in [-0.4, -0.2) is 86.4 Å². The number of carbonyl (C=O) groups is 2. The molecule has 0 spiro atoms. The molecule has 6 heteroatoms. The van der Waals surface area contributed by atoms with Crippen molar-refractivity contribution in [2.24, 2.45) is 0 Å². The zero-order valence-electron chi connectivity index (χ0n) is 12.3.